The molecule has 1 unspecified atom stereocenters. The highest BCUT2D eigenvalue weighted by Gasteiger charge is 2.28. The molecular weight excluding hydrogens is 252 g/mol. The first-order valence-electron chi connectivity index (χ1n) is 8.05. The van der Waals surface area contributed by atoms with Crippen molar-refractivity contribution in [3.8, 4) is 0 Å². The van der Waals surface area contributed by atoms with Gasteiger partial charge in [-0.1, -0.05) is 11.6 Å². The Morgan fingerprint density at radius 3 is 2.65 bits per heavy atom. The van der Waals surface area contributed by atoms with Crippen LogP contribution in [0.1, 0.15) is 69.6 Å². The third kappa shape index (κ3) is 3.04. The van der Waals surface area contributed by atoms with Gasteiger partial charge in [0.1, 0.15) is 0 Å². The van der Waals surface area contributed by atoms with E-state index in [1.807, 2.05) is 0 Å². The predicted molar refractivity (Wildman–Crippen MR) is 77.6 cm³/mol. The van der Waals surface area contributed by atoms with Crippen molar-refractivity contribution >= 4 is 0 Å². The zero-order valence-electron chi connectivity index (χ0n) is 12.6. The molecular formula is C15H26N4O. The van der Waals surface area contributed by atoms with Gasteiger partial charge in [-0.3, -0.25) is 0 Å². The molecule has 0 spiro atoms. The lowest BCUT2D eigenvalue weighted by Gasteiger charge is -2.33. The van der Waals surface area contributed by atoms with Crippen LogP contribution in [-0.2, 0) is 0 Å². The first-order chi connectivity index (χ1) is 9.74. The first kappa shape index (κ1) is 14.0. The molecule has 0 aliphatic carbocycles. The summed E-state index contributed by atoms with van der Waals surface area (Å²) < 4.78 is 5.53. The molecule has 3 heterocycles. The van der Waals surface area contributed by atoms with Gasteiger partial charge in [-0.15, -0.1) is 0 Å². The van der Waals surface area contributed by atoms with Crippen LogP contribution in [-0.4, -0.2) is 40.7 Å². The van der Waals surface area contributed by atoms with Gasteiger partial charge in [0, 0.05) is 12.0 Å². The molecule has 0 amide bonds. The van der Waals surface area contributed by atoms with E-state index < -0.39 is 0 Å². The fourth-order valence-corrected chi connectivity index (χ4v) is 3.29. The normalized spacial score (nSPS) is 26.2. The highest BCUT2D eigenvalue weighted by atomic mass is 16.5. The minimum atomic E-state index is 0.303. The zero-order chi connectivity index (χ0) is 13.9. The minimum absolute atomic E-state index is 0.303. The van der Waals surface area contributed by atoms with E-state index in [1.165, 1.54) is 12.8 Å². The molecule has 2 aliphatic heterocycles. The van der Waals surface area contributed by atoms with Crippen molar-refractivity contribution in [1.29, 1.82) is 0 Å². The van der Waals surface area contributed by atoms with Crippen molar-refractivity contribution in [2.24, 2.45) is 0 Å². The quantitative estimate of drug-likeness (QED) is 0.920. The van der Waals surface area contributed by atoms with Crippen LogP contribution in [0.2, 0.25) is 0 Å². The zero-order valence-corrected chi connectivity index (χ0v) is 12.6. The number of likely N-dealkylation sites (tertiary alicyclic amines) is 1. The standard InChI is InChI=1S/C15H26N4O/c1-11(2)19-9-6-12(7-10-19)15-17-14(18-20-15)13-5-3-4-8-16-13/h11-13,16H,3-10H2,1-2H3. The lowest BCUT2D eigenvalue weighted by Crippen LogP contribution is -2.37. The Hall–Kier alpha value is -0.940. The van der Waals surface area contributed by atoms with E-state index >= 15 is 0 Å². The summed E-state index contributed by atoms with van der Waals surface area (Å²) in [5, 5.41) is 7.69. The van der Waals surface area contributed by atoms with Gasteiger partial charge in [0.05, 0.1) is 6.04 Å². The van der Waals surface area contributed by atoms with Gasteiger partial charge in [-0.2, -0.15) is 4.98 Å². The number of hydrogen-bond donors (Lipinski definition) is 1. The molecule has 1 atom stereocenters. The Morgan fingerprint density at radius 1 is 1.20 bits per heavy atom. The summed E-state index contributed by atoms with van der Waals surface area (Å²) in [6.07, 6.45) is 5.92. The summed E-state index contributed by atoms with van der Waals surface area (Å²) in [4.78, 5) is 7.19. The molecule has 0 aromatic carbocycles. The van der Waals surface area contributed by atoms with Crippen LogP contribution in [0.4, 0.5) is 0 Å². The second kappa shape index (κ2) is 6.22. The van der Waals surface area contributed by atoms with Crippen molar-refractivity contribution in [3.05, 3.63) is 11.7 Å². The third-order valence-corrected chi connectivity index (χ3v) is 4.69. The monoisotopic (exact) mass is 278 g/mol. The molecule has 112 valence electrons. The van der Waals surface area contributed by atoms with Crippen molar-refractivity contribution in [2.75, 3.05) is 19.6 Å². The van der Waals surface area contributed by atoms with E-state index in [2.05, 4.69) is 34.2 Å². The Balaban J connectivity index is 1.60. The number of rotatable bonds is 3. The topological polar surface area (TPSA) is 54.2 Å². The largest absolute Gasteiger partial charge is 0.339 e. The molecule has 1 aromatic rings. The van der Waals surface area contributed by atoms with Crippen LogP contribution in [0, 0.1) is 0 Å². The SMILES string of the molecule is CC(C)N1CCC(c2nc(C3CCCCN3)no2)CC1. The number of nitrogens with zero attached hydrogens (tertiary/aromatic N) is 3. The summed E-state index contributed by atoms with van der Waals surface area (Å²) in [7, 11) is 0. The highest BCUT2D eigenvalue weighted by Crippen LogP contribution is 2.29. The molecule has 1 N–H and O–H groups in total. The maximum absolute atomic E-state index is 5.53. The maximum Gasteiger partial charge on any atom is 0.229 e. The highest BCUT2D eigenvalue weighted by molar-refractivity contribution is 5.01. The van der Waals surface area contributed by atoms with Gasteiger partial charge in [-0.05, 0) is 59.2 Å². The van der Waals surface area contributed by atoms with Gasteiger partial charge in [-0.25, -0.2) is 0 Å². The van der Waals surface area contributed by atoms with E-state index in [-0.39, 0.29) is 0 Å². The van der Waals surface area contributed by atoms with E-state index in [9.17, 15) is 0 Å². The summed E-state index contributed by atoms with van der Waals surface area (Å²) in [6, 6.07) is 0.942. The molecule has 5 nitrogen and oxygen atoms in total. The van der Waals surface area contributed by atoms with Crippen molar-refractivity contribution in [2.45, 2.75) is 64.0 Å². The molecule has 1 aromatic heterocycles. The average molecular weight is 278 g/mol. The van der Waals surface area contributed by atoms with Crippen molar-refractivity contribution < 1.29 is 4.52 Å². The Bertz CT molecular complexity index is 417. The van der Waals surface area contributed by atoms with Gasteiger partial charge in [0.15, 0.2) is 5.82 Å². The van der Waals surface area contributed by atoms with Gasteiger partial charge < -0.3 is 14.7 Å². The molecule has 2 fully saturated rings. The molecule has 0 bridgehead atoms. The lowest BCUT2D eigenvalue weighted by molar-refractivity contribution is 0.159. The summed E-state index contributed by atoms with van der Waals surface area (Å²) in [6.45, 7) is 7.88. The van der Waals surface area contributed by atoms with Gasteiger partial charge in [0.25, 0.3) is 0 Å². The predicted octanol–water partition coefficient (Wildman–Crippen LogP) is 2.47. The minimum Gasteiger partial charge on any atom is -0.339 e. The fourth-order valence-electron chi connectivity index (χ4n) is 3.29. The summed E-state index contributed by atoms with van der Waals surface area (Å²) in [5.41, 5.74) is 0. The number of aromatic nitrogens is 2. The Kier molecular flexibility index (Phi) is 4.36. The first-order valence-corrected chi connectivity index (χ1v) is 8.05. The van der Waals surface area contributed by atoms with Crippen molar-refractivity contribution in [1.82, 2.24) is 20.4 Å². The number of nitrogens with one attached hydrogen (secondary N) is 1. The lowest BCUT2D eigenvalue weighted by atomic mass is 9.96. The van der Waals surface area contributed by atoms with Crippen molar-refractivity contribution in [3.63, 3.8) is 0 Å². The molecule has 2 saturated heterocycles. The van der Waals surface area contributed by atoms with Crippen LogP contribution in [0.5, 0.6) is 0 Å². The van der Waals surface area contributed by atoms with E-state index in [0.29, 0.717) is 18.0 Å². The molecule has 3 rings (SSSR count). The third-order valence-electron chi connectivity index (χ3n) is 4.69. The van der Waals surface area contributed by atoms with Crippen LogP contribution in [0.25, 0.3) is 0 Å². The van der Waals surface area contributed by atoms with E-state index in [0.717, 1.165) is 50.6 Å². The van der Waals surface area contributed by atoms with E-state index in [4.69, 9.17) is 4.52 Å². The maximum atomic E-state index is 5.53. The second-order valence-corrected chi connectivity index (χ2v) is 6.40. The van der Waals surface area contributed by atoms with Crippen LogP contribution in [0.3, 0.4) is 0 Å². The molecule has 5 heteroatoms. The summed E-state index contributed by atoms with van der Waals surface area (Å²) >= 11 is 0. The number of piperidine rings is 2. The van der Waals surface area contributed by atoms with Crippen LogP contribution >= 0.6 is 0 Å². The van der Waals surface area contributed by atoms with Crippen LogP contribution < -0.4 is 5.32 Å². The summed E-state index contributed by atoms with van der Waals surface area (Å²) in [5.74, 6) is 2.18. The van der Waals surface area contributed by atoms with Gasteiger partial charge in [0.2, 0.25) is 5.89 Å². The van der Waals surface area contributed by atoms with E-state index in [1.54, 1.807) is 0 Å². The smallest absolute Gasteiger partial charge is 0.229 e. The molecule has 0 saturated carbocycles. The second-order valence-electron chi connectivity index (χ2n) is 6.40. The Morgan fingerprint density at radius 2 is 2.00 bits per heavy atom. The number of hydrogen-bond acceptors (Lipinski definition) is 5. The fraction of sp³-hybridized carbons (Fsp3) is 0.867. The van der Waals surface area contributed by atoms with Crippen LogP contribution in [0.15, 0.2) is 4.52 Å². The van der Waals surface area contributed by atoms with Gasteiger partial charge >= 0.3 is 0 Å². The Labute approximate surface area is 121 Å². The average Bonchev–Trinajstić information content (AvgIpc) is 2.98. The molecule has 0 radical (unpaired) electrons. The molecule has 20 heavy (non-hydrogen) atoms. The molecule has 2 aliphatic rings.